The Hall–Kier alpha value is -0.860. The molecule has 1 aromatic carbocycles. The summed E-state index contributed by atoms with van der Waals surface area (Å²) in [7, 11) is 0. The Morgan fingerprint density at radius 2 is 2.06 bits per heavy atom. The number of rotatable bonds is 6. The predicted octanol–water partition coefficient (Wildman–Crippen LogP) is 3.15. The molecule has 0 amide bonds. The van der Waals surface area contributed by atoms with Crippen LogP contribution in [0.5, 0.6) is 0 Å². The standard InChI is InChI=1S/C14H22O2/c1-4-5-8-16-10-14(15)13-7-6-11(2)9-12(13)3/h6-7,9,14-15H,4-5,8,10H2,1-3H3. The second-order valence-electron chi connectivity index (χ2n) is 4.30. The normalized spacial score (nSPS) is 12.8. The summed E-state index contributed by atoms with van der Waals surface area (Å²) in [6, 6.07) is 6.10. The fourth-order valence-corrected chi connectivity index (χ4v) is 1.73. The van der Waals surface area contributed by atoms with E-state index in [0.717, 1.165) is 30.6 Å². The van der Waals surface area contributed by atoms with E-state index in [9.17, 15) is 5.11 Å². The van der Waals surface area contributed by atoms with Crippen LogP contribution in [-0.4, -0.2) is 18.3 Å². The van der Waals surface area contributed by atoms with Crippen molar-refractivity contribution in [2.45, 2.75) is 39.7 Å². The lowest BCUT2D eigenvalue weighted by atomic mass is 10.0. The molecule has 0 aliphatic heterocycles. The average molecular weight is 222 g/mol. The van der Waals surface area contributed by atoms with E-state index in [-0.39, 0.29) is 0 Å². The van der Waals surface area contributed by atoms with Crippen LogP contribution >= 0.6 is 0 Å². The lowest BCUT2D eigenvalue weighted by molar-refractivity contribution is 0.0346. The highest BCUT2D eigenvalue weighted by molar-refractivity contribution is 5.31. The molecule has 0 radical (unpaired) electrons. The third-order valence-corrected chi connectivity index (χ3v) is 2.70. The second kappa shape index (κ2) is 6.66. The van der Waals surface area contributed by atoms with Gasteiger partial charge in [-0.25, -0.2) is 0 Å². The number of benzene rings is 1. The molecule has 1 atom stereocenters. The molecule has 0 aliphatic rings. The molecule has 16 heavy (non-hydrogen) atoms. The van der Waals surface area contributed by atoms with Crippen LogP contribution in [-0.2, 0) is 4.74 Å². The summed E-state index contributed by atoms with van der Waals surface area (Å²) < 4.78 is 5.43. The van der Waals surface area contributed by atoms with E-state index in [0.29, 0.717) is 6.61 Å². The van der Waals surface area contributed by atoms with Crippen LogP contribution in [0, 0.1) is 13.8 Å². The minimum absolute atomic E-state index is 0.393. The molecule has 0 spiro atoms. The molecular weight excluding hydrogens is 200 g/mol. The molecule has 2 heteroatoms. The SMILES string of the molecule is CCCCOCC(O)c1ccc(C)cc1C. The van der Waals surface area contributed by atoms with Crippen molar-refractivity contribution in [3.8, 4) is 0 Å². The Morgan fingerprint density at radius 1 is 1.31 bits per heavy atom. The Labute approximate surface area is 98.3 Å². The highest BCUT2D eigenvalue weighted by Gasteiger charge is 2.10. The van der Waals surface area contributed by atoms with Gasteiger partial charge in [-0.1, -0.05) is 37.1 Å². The number of ether oxygens (including phenoxy) is 1. The maximum absolute atomic E-state index is 9.97. The van der Waals surface area contributed by atoms with E-state index in [1.165, 1.54) is 5.56 Å². The summed E-state index contributed by atoms with van der Waals surface area (Å²) in [5, 5.41) is 9.97. The van der Waals surface area contributed by atoms with E-state index < -0.39 is 6.10 Å². The Bertz CT molecular complexity index is 321. The van der Waals surface area contributed by atoms with Gasteiger partial charge in [0.25, 0.3) is 0 Å². The van der Waals surface area contributed by atoms with Crippen LogP contribution in [0.1, 0.15) is 42.6 Å². The molecule has 0 heterocycles. The van der Waals surface area contributed by atoms with E-state index in [2.05, 4.69) is 19.9 Å². The first kappa shape index (κ1) is 13.2. The molecule has 2 nitrogen and oxygen atoms in total. The minimum Gasteiger partial charge on any atom is -0.386 e. The van der Waals surface area contributed by atoms with Crippen LogP contribution in [0.4, 0.5) is 0 Å². The van der Waals surface area contributed by atoms with Gasteiger partial charge >= 0.3 is 0 Å². The van der Waals surface area contributed by atoms with Gasteiger partial charge in [0.1, 0.15) is 6.10 Å². The largest absolute Gasteiger partial charge is 0.386 e. The number of aliphatic hydroxyl groups is 1. The van der Waals surface area contributed by atoms with Crippen LogP contribution in [0.3, 0.4) is 0 Å². The van der Waals surface area contributed by atoms with Gasteiger partial charge in [-0.3, -0.25) is 0 Å². The molecule has 1 aromatic rings. The molecule has 0 fully saturated rings. The predicted molar refractivity (Wildman–Crippen MR) is 66.6 cm³/mol. The summed E-state index contributed by atoms with van der Waals surface area (Å²) in [5.74, 6) is 0. The lowest BCUT2D eigenvalue weighted by Crippen LogP contribution is -2.09. The quantitative estimate of drug-likeness (QED) is 0.749. The summed E-state index contributed by atoms with van der Waals surface area (Å²) in [6.45, 7) is 7.34. The third kappa shape index (κ3) is 3.95. The molecular formula is C14H22O2. The third-order valence-electron chi connectivity index (χ3n) is 2.70. The number of hydrogen-bond acceptors (Lipinski definition) is 2. The number of hydrogen-bond donors (Lipinski definition) is 1. The molecule has 0 aromatic heterocycles. The van der Waals surface area contributed by atoms with E-state index >= 15 is 0 Å². The van der Waals surface area contributed by atoms with Crippen LogP contribution in [0.2, 0.25) is 0 Å². The highest BCUT2D eigenvalue weighted by Crippen LogP contribution is 2.19. The van der Waals surface area contributed by atoms with Crippen LogP contribution in [0.15, 0.2) is 18.2 Å². The summed E-state index contributed by atoms with van der Waals surface area (Å²) >= 11 is 0. The summed E-state index contributed by atoms with van der Waals surface area (Å²) in [5.41, 5.74) is 3.33. The highest BCUT2D eigenvalue weighted by atomic mass is 16.5. The first-order chi connectivity index (χ1) is 7.65. The number of aryl methyl sites for hydroxylation is 2. The van der Waals surface area contributed by atoms with Crippen molar-refractivity contribution < 1.29 is 9.84 Å². The summed E-state index contributed by atoms with van der Waals surface area (Å²) in [4.78, 5) is 0. The molecule has 90 valence electrons. The van der Waals surface area contributed by atoms with E-state index in [1.54, 1.807) is 0 Å². The zero-order valence-electron chi connectivity index (χ0n) is 10.5. The Kier molecular flexibility index (Phi) is 5.50. The van der Waals surface area contributed by atoms with E-state index in [1.807, 2.05) is 19.1 Å². The van der Waals surface area contributed by atoms with Crippen molar-refractivity contribution in [2.75, 3.05) is 13.2 Å². The van der Waals surface area contributed by atoms with E-state index in [4.69, 9.17) is 4.74 Å². The topological polar surface area (TPSA) is 29.5 Å². The van der Waals surface area contributed by atoms with Crippen molar-refractivity contribution in [3.63, 3.8) is 0 Å². The van der Waals surface area contributed by atoms with Gasteiger partial charge < -0.3 is 9.84 Å². The smallest absolute Gasteiger partial charge is 0.103 e. The van der Waals surface area contributed by atoms with Crippen molar-refractivity contribution in [1.29, 1.82) is 0 Å². The number of aliphatic hydroxyl groups excluding tert-OH is 1. The average Bonchev–Trinajstić information content (AvgIpc) is 2.24. The maximum Gasteiger partial charge on any atom is 0.103 e. The van der Waals surface area contributed by atoms with Crippen molar-refractivity contribution in [2.24, 2.45) is 0 Å². The lowest BCUT2D eigenvalue weighted by Gasteiger charge is -2.14. The van der Waals surface area contributed by atoms with Gasteiger partial charge in [0.15, 0.2) is 0 Å². The molecule has 1 unspecified atom stereocenters. The molecule has 0 saturated carbocycles. The summed E-state index contributed by atoms with van der Waals surface area (Å²) in [6.07, 6.45) is 1.68. The first-order valence-corrected chi connectivity index (χ1v) is 5.98. The van der Waals surface area contributed by atoms with Crippen molar-refractivity contribution >= 4 is 0 Å². The Balaban J connectivity index is 2.49. The first-order valence-electron chi connectivity index (χ1n) is 5.98. The van der Waals surface area contributed by atoms with Gasteiger partial charge in [-0.2, -0.15) is 0 Å². The zero-order valence-corrected chi connectivity index (χ0v) is 10.5. The van der Waals surface area contributed by atoms with Crippen LogP contribution < -0.4 is 0 Å². The van der Waals surface area contributed by atoms with Crippen LogP contribution in [0.25, 0.3) is 0 Å². The van der Waals surface area contributed by atoms with Gasteiger partial charge in [-0.15, -0.1) is 0 Å². The monoisotopic (exact) mass is 222 g/mol. The van der Waals surface area contributed by atoms with Gasteiger partial charge in [0.05, 0.1) is 6.61 Å². The molecule has 1 rings (SSSR count). The fourth-order valence-electron chi connectivity index (χ4n) is 1.73. The van der Waals surface area contributed by atoms with Crippen molar-refractivity contribution in [3.05, 3.63) is 34.9 Å². The van der Waals surface area contributed by atoms with Crippen molar-refractivity contribution in [1.82, 2.24) is 0 Å². The van der Waals surface area contributed by atoms with Gasteiger partial charge in [0, 0.05) is 6.61 Å². The minimum atomic E-state index is -0.502. The van der Waals surface area contributed by atoms with Gasteiger partial charge in [-0.05, 0) is 31.4 Å². The second-order valence-corrected chi connectivity index (χ2v) is 4.30. The number of unbranched alkanes of at least 4 members (excludes halogenated alkanes) is 1. The molecule has 0 saturated heterocycles. The van der Waals surface area contributed by atoms with Gasteiger partial charge in [0.2, 0.25) is 0 Å². The fraction of sp³-hybridized carbons (Fsp3) is 0.571. The molecule has 0 aliphatic carbocycles. The Morgan fingerprint density at radius 3 is 2.69 bits per heavy atom. The molecule has 0 bridgehead atoms. The maximum atomic E-state index is 9.97. The zero-order chi connectivity index (χ0) is 12.0. The molecule has 1 N–H and O–H groups in total.